The minimum atomic E-state index is -3.45. The number of ether oxygens (including phenoxy) is 1. The van der Waals surface area contributed by atoms with Gasteiger partial charge in [0.15, 0.2) is 9.84 Å². The van der Waals surface area contributed by atoms with E-state index >= 15 is 0 Å². The van der Waals surface area contributed by atoms with E-state index in [1.54, 1.807) is 23.1 Å². The molecule has 0 aromatic heterocycles. The van der Waals surface area contributed by atoms with Crippen molar-refractivity contribution < 1.29 is 17.9 Å². The van der Waals surface area contributed by atoms with Gasteiger partial charge in [-0.3, -0.25) is 4.79 Å². The lowest BCUT2D eigenvalue weighted by molar-refractivity contribution is 0.0740. The zero-order chi connectivity index (χ0) is 22.9. The molecule has 168 valence electrons. The monoisotopic (exact) mass is 453 g/mol. The molecule has 0 bridgehead atoms. The maximum Gasteiger partial charge on any atom is 0.257 e. The Hall–Kier alpha value is -3.05. The minimum Gasteiger partial charge on any atom is -0.492 e. The van der Waals surface area contributed by atoms with Gasteiger partial charge < -0.3 is 14.5 Å². The summed E-state index contributed by atoms with van der Waals surface area (Å²) in [7, 11) is -3.45. The molecular weight excluding hydrogens is 426 g/mol. The van der Waals surface area contributed by atoms with Gasteiger partial charge in [-0.25, -0.2) is 8.42 Å². The molecule has 32 heavy (non-hydrogen) atoms. The van der Waals surface area contributed by atoms with E-state index in [1.165, 1.54) is 12.1 Å². The molecule has 0 radical (unpaired) electrons. The largest absolute Gasteiger partial charge is 0.492 e. The lowest BCUT2D eigenvalue weighted by Gasteiger charge is -2.36. The molecule has 7 nitrogen and oxygen atoms in total. The molecule has 4 rings (SSSR count). The Morgan fingerprint density at radius 2 is 1.75 bits per heavy atom. The molecule has 0 unspecified atom stereocenters. The number of nitrogens with zero attached hydrogens (tertiary/aromatic N) is 3. The third kappa shape index (κ3) is 4.89. The molecule has 1 saturated heterocycles. The fourth-order valence-electron chi connectivity index (χ4n) is 3.73. The first-order valence-electron chi connectivity index (χ1n) is 10.7. The summed E-state index contributed by atoms with van der Waals surface area (Å²) in [5.41, 5.74) is 2.06. The van der Waals surface area contributed by atoms with Crippen molar-refractivity contribution in [3.8, 4) is 11.8 Å². The van der Waals surface area contributed by atoms with Crippen molar-refractivity contribution in [2.45, 2.75) is 24.7 Å². The zero-order valence-electron chi connectivity index (χ0n) is 18.4. The van der Waals surface area contributed by atoms with Gasteiger partial charge in [0.1, 0.15) is 5.75 Å². The fraction of sp³-hybridized carbons (Fsp3) is 0.417. The summed E-state index contributed by atoms with van der Waals surface area (Å²) in [6.07, 6.45) is 3.32. The van der Waals surface area contributed by atoms with Gasteiger partial charge >= 0.3 is 0 Å². The predicted octanol–water partition coefficient (Wildman–Crippen LogP) is 3.10. The molecule has 1 heterocycles. The standard InChI is InChI=1S/C24H27N3O4S/c1-24(9-10-24)17-31-22-8-7-20(32(2,29)30)15-21(22)23(28)27-13-11-26(12-14-27)19-5-3-18(16-25)4-6-19/h3-8,15H,9-14,17H2,1-2H3. The first-order chi connectivity index (χ1) is 15.2. The highest BCUT2D eigenvalue weighted by atomic mass is 32.2. The molecule has 0 atom stereocenters. The molecule has 1 aliphatic carbocycles. The second kappa shape index (κ2) is 8.47. The van der Waals surface area contributed by atoms with Gasteiger partial charge in [-0.2, -0.15) is 5.26 Å². The van der Waals surface area contributed by atoms with Crippen molar-refractivity contribution in [1.29, 1.82) is 5.26 Å². The molecule has 0 spiro atoms. The zero-order valence-corrected chi connectivity index (χ0v) is 19.2. The number of hydrogen-bond donors (Lipinski definition) is 0. The van der Waals surface area contributed by atoms with Gasteiger partial charge in [0.2, 0.25) is 0 Å². The maximum atomic E-state index is 13.4. The van der Waals surface area contributed by atoms with Crippen molar-refractivity contribution in [2.75, 3.05) is 43.9 Å². The Labute approximate surface area is 189 Å². The number of anilines is 1. The molecule has 0 N–H and O–H groups in total. The van der Waals surface area contributed by atoms with E-state index in [9.17, 15) is 13.2 Å². The van der Waals surface area contributed by atoms with Crippen LogP contribution in [0.15, 0.2) is 47.4 Å². The van der Waals surface area contributed by atoms with Crippen LogP contribution >= 0.6 is 0 Å². The van der Waals surface area contributed by atoms with Crippen molar-refractivity contribution in [1.82, 2.24) is 4.90 Å². The molecule has 1 saturated carbocycles. The predicted molar refractivity (Wildman–Crippen MR) is 122 cm³/mol. The summed E-state index contributed by atoms with van der Waals surface area (Å²) in [4.78, 5) is 17.4. The fourth-order valence-corrected chi connectivity index (χ4v) is 4.37. The number of piperazine rings is 1. The van der Waals surface area contributed by atoms with Crippen LogP contribution in [0.2, 0.25) is 0 Å². The van der Waals surface area contributed by atoms with Gasteiger partial charge in [0, 0.05) is 43.5 Å². The van der Waals surface area contributed by atoms with Crippen molar-refractivity contribution in [3.63, 3.8) is 0 Å². The van der Waals surface area contributed by atoms with Crippen molar-refractivity contribution in [3.05, 3.63) is 53.6 Å². The number of carbonyl (C=O) groups excluding carboxylic acids is 1. The third-order valence-electron chi connectivity index (χ3n) is 6.22. The van der Waals surface area contributed by atoms with Crippen LogP contribution in [0.1, 0.15) is 35.7 Å². The first kappa shape index (κ1) is 22.2. The molecule has 2 fully saturated rings. The summed E-state index contributed by atoms with van der Waals surface area (Å²) in [5.74, 6) is 0.218. The maximum absolute atomic E-state index is 13.4. The number of rotatable bonds is 6. The highest BCUT2D eigenvalue weighted by Gasteiger charge is 2.38. The highest BCUT2D eigenvalue weighted by Crippen LogP contribution is 2.45. The molecule has 1 aliphatic heterocycles. The molecule has 2 aromatic carbocycles. The van der Waals surface area contributed by atoms with E-state index in [2.05, 4.69) is 17.9 Å². The number of hydrogen-bond acceptors (Lipinski definition) is 6. The number of amides is 1. The second-order valence-electron chi connectivity index (χ2n) is 8.97. The van der Waals surface area contributed by atoms with Crippen LogP contribution in [0.25, 0.3) is 0 Å². The smallest absolute Gasteiger partial charge is 0.257 e. The topological polar surface area (TPSA) is 90.7 Å². The van der Waals surface area contributed by atoms with E-state index < -0.39 is 9.84 Å². The summed E-state index contributed by atoms with van der Waals surface area (Å²) >= 11 is 0. The third-order valence-corrected chi connectivity index (χ3v) is 7.33. The van der Waals surface area contributed by atoms with Crippen LogP contribution in [0.5, 0.6) is 5.75 Å². The van der Waals surface area contributed by atoms with E-state index in [4.69, 9.17) is 10.00 Å². The van der Waals surface area contributed by atoms with Gasteiger partial charge in [0.05, 0.1) is 28.7 Å². The Kier molecular flexibility index (Phi) is 5.87. The van der Waals surface area contributed by atoms with Crippen LogP contribution < -0.4 is 9.64 Å². The van der Waals surface area contributed by atoms with Crippen LogP contribution in [-0.4, -0.2) is 58.3 Å². The van der Waals surface area contributed by atoms with Crippen LogP contribution in [0.4, 0.5) is 5.69 Å². The molecule has 1 amide bonds. The average Bonchev–Trinajstić information content (AvgIpc) is 3.54. The Morgan fingerprint density at radius 3 is 2.31 bits per heavy atom. The molecule has 2 aromatic rings. The van der Waals surface area contributed by atoms with Crippen molar-refractivity contribution in [2.24, 2.45) is 5.41 Å². The molecule has 2 aliphatic rings. The minimum absolute atomic E-state index is 0.113. The normalized spacial score (nSPS) is 17.5. The first-order valence-corrected chi connectivity index (χ1v) is 12.6. The second-order valence-corrected chi connectivity index (χ2v) is 11.0. The lowest BCUT2D eigenvalue weighted by atomic mass is 10.1. The average molecular weight is 454 g/mol. The number of nitriles is 1. The quantitative estimate of drug-likeness (QED) is 0.668. The van der Waals surface area contributed by atoms with E-state index in [0.29, 0.717) is 49.7 Å². The number of carbonyl (C=O) groups is 1. The van der Waals surface area contributed by atoms with Gasteiger partial charge in [-0.1, -0.05) is 6.92 Å². The molecular formula is C24H27N3O4S. The van der Waals surface area contributed by atoms with E-state index in [0.717, 1.165) is 24.8 Å². The van der Waals surface area contributed by atoms with Crippen LogP contribution in [-0.2, 0) is 9.84 Å². The van der Waals surface area contributed by atoms with E-state index in [-0.39, 0.29) is 16.2 Å². The highest BCUT2D eigenvalue weighted by molar-refractivity contribution is 7.90. The summed E-state index contributed by atoms with van der Waals surface area (Å²) in [6.45, 7) is 4.98. The van der Waals surface area contributed by atoms with Crippen LogP contribution in [0.3, 0.4) is 0 Å². The Bertz CT molecular complexity index is 1160. The van der Waals surface area contributed by atoms with Gasteiger partial charge in [-0.15, -0.1) is 0 Å². The molecule has 8 heteroatoms. The van der Waals surface area contributed by atoms with Gasteiger partial charge in [-0.05, 0) is 55.3 Å². The number of sulfone groups is 1. The lowest BCUT2D eigenvalue weighted by Crippen LogP contribution is -2.48. The summed E-state index contributed by atoms with van der Waals surface area (Å²) in [5, 5.41) is 8.97. The van der Waals surface area contributed by atoms with Crippen LogP contribution in [0, 0.1) is 16.7 Å². The van der Waals surface area contributed by atoms with Crippen molar-refractivity contribution >= 4 is 21.4 Å². The number of benzene rings is 2. The van der Waals surface area contributed by atoms with E-state index in [1.807, 2.05) is 12.1 Å². The summed E-state index contributed by atoms with van der Waals surface area (Å²) in [6, 6.07) is 14.0. The van der Waals surface area contributed by atoms with Gasteiger partial charge in [0.25, 0.3) is 5.91 Å². The Balaban J connectivity index is 1.50. The SMILES string of the molecule is CC1(COc2ccc(S(C)(=O)=O)cc2C(=O)N2CCN(c3ccc(C#N)cc3)CC2)CC1. The summed E-state index contributed by atoms with van der Waals surface area (Å²) < 4.78 is 30.1. The Morgan fingerprint density at radius 1 is 1.09 bits per heavy atom.